The van der Waals surface area contributed by atoms with Gasteiger partial charge in [0.15, 0.2) is 5.79 Å². The number of hydrogen-bond acceptors (Lipinski definition) is 3. The molecule has 1 aliphatic heterocycles. The highest BCUT2D eigenvalue weighted by atomic mass is 79.9. The molecule has 5 heteroatoms. The zero-order chi connectivity index (χ0) is 14.5. The normalized spacial score (nSPS) is 17.0. The molecular weight excluding hydrogens is 344 g/mol. The molecule has 0 amide bonds. The summed E-state index contributed by atoms with van der Waals surface area (Å²) in [5, 5.41) is 0. The molecule has 0 radical (unpaired) electrons. The highest BCUT2D eigenvalue weighted by Crippen LogP contribution is 2.27. The summed E-state index contributed by atoms with van der Waals surface area (Å²) < 4.78 is 14.1. The number of hydrogen-bond donors (Lipinski definition) is 0. The van der Waals surface area contributed by atoms with Crippen molar-refractivity contribution in [2.24, 2.45) is 0 Å². The highest BCUT2D eigenvalue weighted by molar-refractivity contribution is 8.93. The first kappa shape index (κ1) is 17.2. The lowest BCUT2D eigenvalue weighted by atomic mass is 10.0. The minimum atomic E-state index is -0.524. The number of halogens is 1. The summed E-state index contributed by atoms with van der Waals surface area (Å²) in [7, 11) is 0. The number of rotatable bonds is 5. The van der Waals surface area contributed by atoms with Crippen molar-refractivity contribution in [2.45, 2.75) is 38.5 Å². The summed E-state index contributed by atoms with van der Waals surface area (Å²) in [4.78, 5) is 4.10. The Bertz CT molecular complexity index is 549. The van der Waals surface area contributed by atoms with Crippen LogP contribution in [0.5, 0.6) is 0 Å². The van der Waals surface area contributed by atoms with Gasteiger partial charge in [0.05, 0.1) is 26.1 Å². The summed E-state index contributed by atoms with van der Waals surface area (Å²) >= 11 is 0. The maximum Gasteiger partial charge on any atom is 0.186 e. The lowest BCUT2D eigenvalue weighted by Gasteiger charge is -2.37. The number of aromatic nitrogens is 2. The minimum absolute atomic E-state index is 0. The van der Waals surface area contributed by atoms with Crippen LogP contribution < -0.4 is 0 Å². The van der Waals surface area contributed by atoms with Crippen molar-refractivity contribution in [3.8, 4) is 0 Å². The van der Waals surface area contributed by atoms with Crippen molar-refractivity contribution < 1.29 is 9.47 Å². The van der Waals surface area contributed by atoms with E-state index in [4.69, 9.17) is 9.47 Å². The van der Waals surface area contributed by atoms with E-state index in [-0.39, 0.29) is 17.0 Å². The van der Waals surface area contributed by atoms with Gasteiger partial charge in [0.25, 0.3) is 0 Å². The van der Waals surface area contributed by atoms with E-state index in [1.54, 1.807) is 6.20 Å². The summed E-state index contributed by atoms with van der Waals surface area (Å²) in [5.41, 5.74) is 2.61. The third-order valence-electron chi connectivity index (χ3n) is 3.92. The molecule has 0 N–H and O–H groups in total. The number of nitrogens with zero attached hydrogens (tertiary/aromatic N) is 2. The van der Waals surface area contributed by atoms with E-state index in [9.17, 15) is 0 Å². The summed E-state index contributed by atoms with van der Waals surface area (Å²) in [6.07, 6.45) is 8.33. The molecule has 1 aliphatic rings. The molecule has 22 heavy (non-hydrogen) atoms. The Morgan fingerprint density at radius 1 is 1.18 bits per heavy atom. The lowest BCUT2D eigenvalue weighted by molar-refractivity contribution is -0.276. The maximum absolute atomic E-state index is 6.01. The standard InChI is InChI=1S/C17H22N2O2.BrH/c1-15-3-5-16(6-4-15)7-8-17(20-11-2-12-21-17)13-19-10-9-18-14-19;/h3-6,9-10,14H,2,7-8,11-13H2,1H3;1H. The van der Waals surface area contributed by atoms with Gasteiger partial charge in [-0.1, -0.05) is 29.8 Å². The molecule has 0 spiro atoms. The Balaban J connectivity index is 0.00000176. The molecule has 2 heterocycles. The Hall–Kier alpha value is -1.17. The molecule has 1 fully saturated rings. The zero-order valence-electron chi connectivity index (χ0n) is 12.9. The number of benzene rings is 1. The van der Waals surface area contributed by atoms with Crippen LogP contribution in [0.2, 0.25) is 0 Å². The predicted octanol–water partition coefficient (Wildman–Crippen LogP) is 3.54. The van der Waals surface area contributed by atoms with Gasteiger partial charge < -0.3 is 14.0 Å². The Morgan fingerprint density at radius 2 is 1.91 bits per heavy atom. The highest BCUT2D eigenvalue weighted by Gasteiger charge is 2.34. The fourth-order valence-electron chi connectivity index (χ4n) is 2.68. The Kier molecular flexibility index (Phi) is 6.17. The number of imidazole rings is 1. The monoisotopic (exact) mass is 366 g/mol. The second-order valence-electron chi connectivity index (χ2n) is 5.68. The molecule has 3 rings (SSSR count). The second kappa shape index (κ2) is 7.90. The quantitative estimate of drug-likeness (QED) is 0.811. The van der Waals surface area contributed by atoms with Crippen LogP contribution in [0.1, 0.15) is 24.0 Å². The fraction of sp³-hybridized carbons (Fsp3) is 0.471. The van der Waals surface area contributed by atoms with Crippen molar-refractivity contribution >= 4 is 17.0 Å². The van der Waals surface area contributed by atoms with Crippen LogP contribution in [0, 0.1) is 6.92 Å². The number of ether oxygens (including phenoxy) is 2. The average molecular weight is 367 g/mol. The first-order chi connectivity index (χ1) is 10.3. The molecule has 1 saturated heterocycles. The third kappa shape index (κ3) is 4.41. The Labute approximate surface area is 142 Å². The van der Waals surface area contributed by atoms with Crippen LogP contribution in [-0.4, -0.2) is 28.6 Å². The topological polar surface area (TPSA) is 36.3 Å². The largest absolute Gasteiger partial charge is 0.348 e. The van der Waals surface area contributed by atoms with E-state index < -0.39 is 5.79 Å². The minimum Gasteiger partial charge on any atom is -0.348 e. The van der Waals surface area contributed by atoms with Crippen LogP contribution in [0.3, 0.4) is 0 Å². The van der Waals surface area contributed by atoms with Crippen molar-refractivity contribution in [3.63, 3.8) is 0 Å². The molecule has 4 nitrogen and oxygen atoms in total. The fourth-order valence-corrected chi connectivity index (χ4v) is 2.68. The third-order valence-corrected chi connectivity index (χ3v) is 3.92. The SMILES string of the molecule is Br.Cc1ccc(CCC2(Cn3ccnc3)OCCCO2)cc1. The summed E-state index contributed by atoms with van der Waals surface area (Å²) in [5.74, 6) is -0.524. The van der Waals surface area contributed by atoms with E-state index >= 15 is 0 Å². The van der Waals surface area contributed by atoms with Crippen molar-refractivity contribution in [1.82, 2.24) is 9.55 Å². The van der Waals surface area contributed by atoms with Crippen LogP contribution in [-0.2, 0) is 22.4 Å². The van der Waals surface area contributed by atoms with Gasteiger partial charge in [-0.2, -0.15) is 0 Å². The summed E-state index contributed by atoms with van der Waals surface area (Å²) in [6, 6.07) is 8.67. The molecule has 0 saturated carbocycles. The van der Waals surface area contributed by atoms with Gasteiger partial charge in [-0.15, -0.1) is 17.0 Å². The van der Waals surface area contributed by atoms with Crippen LogP contribution in [0.25, 0.3) is 0 Å². The molecule has 2 aromatic rings. The van der Waals surface area contributed by atoms with E-state index in [1.165, 1.54) is 11.1 Å². The second-order valence-corrected chi connectivity index (χ2v) is 5.68. The van der Waals surface area contributed by atoms with E-state index in [1.807, 2.05) is 17.1 Å². The van der Waals surface area contributed by atoms with Gasteiger partial charge in [-0.3, -0.25) is 0 Å². The van der Waals surface area contributed by atoms with Gasteiger partial charge in [0.1, 0.15) is 0 Å². The summed E-state index contributed by atoms with van der Waals surface area (Å²) in [6.45, 7) is 4.34. The van der Waals surface area contributed by atoms with Crippen molar-refractivity contribution in [1.29, 1.82) is 0 Å². The van der Waals surface area contributed by atoms with Crippen LogP contribution >= 0.6 is 17.0 Å². The first-order valence-electron chi connectivity index (χ1n) is 7.55. The molecule has 0 atom stereocenters. The molecule has 0 unspecified atom stereocenters. The van der Waals surface area contributed by atoms with Gasteiger partial charge in [0, 0.05) is 18.8 Å². The van der Waals surface area contributed by atoms with E-state index in [0.717, 1.165) is 32.5 Å². The van der Waals surface area contributed by atoms with Crippen LogP contribution in [0.4, 0.5) is 0 Å². The predicted molar refractivity (Wildman–Crippen MR) is 91.3 cm³/mol. The first-order valence-corrected chi connectivity index (χ1v) is 7.55. The molecule has 0 aliphatic carbocycles. The van der Waals surface area contributed by atoms with Crippen molar-refractivity contribution in [2.75, 3.05) is 13.2 Å². The molecule has 1 aromatic heterocycles. The van der Waals surface area contributed by atoms with Crippen LogP contribution in [0.15, 0.2) is 43.0 Å². The van der Waals surface area contributed by atoms with Gasteiger partial charge in [-0.25, -0.2) is 4.98 Å². The van der Waals surface area contributed by atoms with E-state index in [2.05, 4.69) is 36.2 Å². The van der Waals surface area contributed by atoms with Gasteiger partial charge >= 0.3 is 0 Å². The smallest absolute Gasteiger partial charge is 0.186 e. The van der Waals surface area contributed by atoms with Crippen molar-refractivity contribution in [3.05, 3.63) is 54.1 Å². The average Bonchev–Trinajstić information content (AvgIpc) is 3.00. The molecule has 1 aromatic carbocycles. The zero-order valence-corrected chi connectivity index (χ0v) is 14.6. The molecule has 120 valence electrons. The number of aryl methyl sites for hydroxylation is 2. The van der Waals surface area contributed by atoms with Gasteiger partial charge in [-0.05, 0) is 25.3 Å². The lowest BCUT2D eigenvalue weighted by Crippen LogP contribution is -2.44. The Morgan fingerprint density at radius 3 is 2.55 bits per heavy atom. The molecule has 0 bridgehead atoms. The van der Waals surface area contributed by atoms with Gasteiger partial charge in [0.2, 0.25) is 0 Å². The maximum atomic E-state index is 6.01. The van der Waals surface area contributed by atoms with E-state index in [0.29, 0.717) is 6.54 Å². The molecular formula is C17H23BrN2O2.